The van der Waals surface area contributed by atoms with Gasteiger partial charge in [0, 0.05) is 30.8 Å². The first-order chi connectivity index (χ1) is 16.8. The van der Waals surface area contributed by atoms with Gasteiger partial charge in [-0.05, 0) is 62.2 Å². The lowest BCUT2D eigenvalue weighted by atomic mass is 10.0. The third kappa shape index (κ3) is 6.89. The van der Waals surface area contributed by atoms with Gasteiger partial charge >= 0.3 is 0 Å². The second-order valence-electron chi connectivity index (χ2n) is 8.47. The summed E-state index contributed by atoms with van der Waals surface area (Å²) in [4.78, 5) is 45.0. The number of aromatic hydroxyl groups is 1. The Labute approximate surface area is 205 Å². The number of aryl methyl sites for hydroxylation is 1. The molecular formula is C27H30N4O4. The number of nitrogens with zero attached hydrogens (tertiary/aromatic N) is 2. The van der Waals surface area contributed by atoms with E-state index >= 15 is 0 Å². The molecule has 3 rings (SSSR count). The molecule has 0 fully saturated rings. The predicted molar refractivity (Wildman–Crippen MR) is 135 cm³/mol. The summed E-state index contributed by atoms with van der Waals surface area (Å²) in [7, 11) is 0. The zero-order chi connectivity index (χ0) is 25.4. The highest BCUT2D eigenvalue weighted by Gasteiger charge is 2.33. The van der Waals surface area contributed by atoms with Crippen molar-refractivity contribution in [3.63, 3.8) is 0 Å². The number of phenols is 1. The number of amides is 3. The van der Waals surface area contributed by atoms with Crippen LogP contribution in [0.2, 0.25) is 0 Å². The van der Waals surface area contributed by atoms with Gasteiger partial charge in [-0.15, -0.1) is 0 Å². The second-order valence-corrected chi connectivity index (χ2v) is 8.47. The van der Waals surface area contributed by atoms with E-state index in [-0.39, 0.29) is 42.4 Å². The third-order valence-corrected chi connectivity index (χ3v) is 5.29. The monoisotopic (exact) mass is 474 g/mol. The molecule has 0 aliphatic rings. The molecule has 0 unspecified atom stereocenters. The van der Waals surface area contributed by atoms with Crippen molar-refractivity contribution in [2.24, 2.45) is 0 Å². The lowest BCUT2D eigenvalue weighted by molar-refractivity contribution is -0.127. The number of carbonyl (C=O) groups excluding carboxylic acids is 3. The minimum absolute atomic E-state index is 0.0525. The molecule has 0 saturated heterocycles. The van der Waals surface area contributed by atoms with Crippen molar-refractivity contribution in [2.75, 3.05) is 10.2 Å². The molecule has 0 saturated carbocycles. The molecule has 1 atom stereocenters. The molecule has 0 aliphatic carbocycles. The van der Waals surface area contributed by atoms with Crippen molar-refractivity contribution in [2.45, 2.75) is 45.7 Å². The topological polar surface area (TPSA) is 112 Å². The van der Waals surface area contributed by atoms with E-state index in [1.807, 2.05) is 32.9 Å². The first kappa shape index (κ1) is 25.4. The maximum atomic E-state index is 13.6. The molecule has 3 amide bonds. The summed E-state index contributed by atoms with van der Waals surface area (Å²) in [6.07, 6.45) is 1.37. The molecule has 8 heteroatoms. The summed E-state index contributed by atoms with van der Waals surface area (Å²) in [5.74, 6) is -0.641. The van der Waals surface area contributed by atoms with Crippen LogP contribution >= 0.6 is 0 Å². The molecular weight excluding hydrogens is 444 g/mol. The molecule has 35 heavy (non-hydrogen) atoms. The van der Waals surface area contributed by atoms with Crippen LogP contribution in [0.4, 0.5) is 11.5 Å². The Kier molecular flexibility index (Phi) is 8.56. The number of para-hydroxylation sites is 1. The van der Waals surface area contributed by atoms with E-state index in [0.29, 0.717) is 17.1 Å². The Morgan fingerprint density at radius 1 is 0.943 bits per heavy atom. The number of phenolic OH excluding ortho intramolecular Hbond substituents is 1. The van der Waals surface area contributed by atoms with Gasteiger partial charge in [-0.25, -0.2) is 4.98 Å². The number of carbonyl (C=O) groups is 3. The molecule has 1 aromatic heterocycles. The number of anilines is 2. The van der Waals surface area contributed by atoms with Crippen LogP contribution in [0, 0.1) is 6.92 Å². The third-order valence-electron chi connectivity index (χ3n) is 5.29. The van der Waals surface area contributed by atoms with Crippen LogP contribution in [0.15, 0.2) is 72.9 Å². The van der Waals surface area contributed by atoms with Crippen LogP contribution in [0.3, 0.4) is 0 Å². The summed E-state index contributed by atoms with van der Waals surface area (Å²) in [5, 5.41) is 15.3. The van der Waals surface area contributed by atoms with Crippen LogP contribution in [0.1, 0.15) is 43.9 Å². The second kappa shape index (κ2) is 11.8. The number of pyridine rings is 1. The van der Waals surface area contributed by atoms with E-state index in [4.69, 9.17) is 0 Å². The van der Waals surface area contributed by atoms with E-state index in [1.54, 1.807) is 48.7 Å². The fourth-order valence-corrected chi connectivity index (χ4v) is 3.67. The number of rotatable bonds is 9. The highest BCUT2D eigenvalue weighted by Crippen LogP contribution is 2.32. The average molecular weight is 475 g/mol. The van der Waals surface area contributed by atoms with Gasteiger partial charge in [0.25, 0.3) is 0 Å². The Bertz CT molecular complexity index is 1160. The number of nitrogens with one attached hydrogen (secondary N) is 2. The normalized spacial score (nSPS) is 11.5. The van der Waals surface area contributed by atoms with E-state index in [0.717, 1.165) is 5.56 Å². The standard InChI is InChI=1S/C27H30N4O4/c1-18(2)29-27(35)26(20-11-13-21(32)14-12-20)31(22-9-5-4-8-19(22)3)25(34)16-15-24(33)30-23-10-6-7-17-28-23/h4-14,17-18,26,32H,15-16H2,1-3H3,(H,29,35)(H,28,30,33)/t26-/m0/s1. The molecule has 1 heterocycles. The molecule has 182 valence electrons. The first-order valence-electron chi connectivity index (χ1n) is 11.4. The van der Waals surface area contributed by atoms with Gasteiger partial charge < -0.3 is 15.7 Å². The highest BCUT2D eigenvalue weighted by molar-refractivity contribution is 6.03. The van der Waals surface area contributed by atoms with Crippen molar-refractivity contribution in [3.8, 4) is 5.75 Å². The Morgan fingerprint density at radius 3 is 2.26 bits per heavy atom. The van der Waals surface area contributed by atoms with Crippen LogP contribution < -0.4 is 15.5 Å². The van der Waals surface area contributed by atoms with E-state index < -0.39 is 6.04 Å². The summed E-state index contributed by atoms with van der Waals surface area (Å²) in [5.41, 5.74) is 1.91. The maximum absolute atomic E-state index is 13.6. The Morgan fingerprint density at radius 2 is 1.63 bits per heavy atom. The van der Waals surface area contributed by atoms with Crippen molar-refractivity contribution >= 4 is 29.2 Å². The SMILES string of the molecule is Cc1ccccc1N(C(=O)CCC(=O)Nc1ccccn1)[C@H](C(=O)NC(C)C)c1ccc(O)cc1. The van der Waals surface area contributed by atoms with Crippen molar-refractivity contribution < 1.29 is 19.5 Å². The van der Waals surface area contributed by atoms with Gasteiger partial charge in [-0.1, -0.05) is 36.4 Å². The zero-order valence-electron chi connectivity index (χ0n) is 20.1. The van der Waals surface area contributed by atoms with Gasteiger partial charge in [-0.3, -0.25) is 19.3 Å². The van der Waals surface area contributed by atoms with Crippen LogP contribution in [-0.2, 0) is 14.4 Å². The van der Waals surface area contributed by atoms with Crippen LogP contribution in [-0.4, -0.2) is 33.9 Å². The number of benzene rings is 2. The molecule has 3 aromatic rings. The summed E-state index contributed by atoms with van der Waals surface area (Å²) in [6, 6.07) is 17.5. The van der Waals surface area contributed by atoms with Gasteiger partial charge in [0.2, 0.25) is 17.7 Å². The summed E-state index contributed by atoms with van der Waals surface area (Å²) in [6.45, 7) is 5.54. The first-order valence-corrected chi connectivity index (χ1v) is 11.4. The average Bonchev–Trinajstić information content (AvgIpc) is 2.82. The quantitative estimate of drug-likeness (QED) is 0.432. The van der Waals surface area contributed by atoms with E-state index in [2.05, 4.69) is 15.6 Å². The fraction of sp³-hybridized carbons (Fsp3) is 0.259. The largest absolute Gasteiger partial charge is 0.508 e. The van der Waals surface area contributed by atoms with Gasteiger partial charge in [0.15, 0.2) is 0 Å². The van der Waals surface area contributed by atoms with Crippen molar-refractivity contribution in [1.29, 1.82) is 0 Å². The smallest absolute Gasteiger partial charge is 0.248 e. The Hall–Kier alpha value is -4.20. The summed E-state index contributed by atoms with van der Waals surface area (Å²) >= 11 is 0. The molecule has 0 aliphatic heterocycles. The molecule has 0 spiro atoms. The molecule has 3 N–H and O–H groups in total. The molecule has 2 aromatic carbocycles. The molecule has 0 radical (unpaired) electrons. The van der Waals surface area contributed by atoms with E-state index in [1.165, 1.54) is 17.0 Å². The van der Waals surface area contributed by atoms with Crippen LogP contribution in [0.25, 0.3) is 0 Å². The zero-order valence-corrected chi connectivity index (χ0v) is 20.1. The molecule has 0 bridgehead atoms. The molecule has 8 nitrogen and oxygen atoms in total. The van der Waals surface area contributed by atoms with E-state index in [9.17, 15) is 19.5 Å². The van der Waals surface area contributed by atoms with Gasteiger partial charge in [0.1, 0.15) is 17.6 Å². The lowest BCUT2D eigenvalue weighted by Crippen LogP contribution is -2.46. The lowest BCUT2D eigenvalue weighted by Gasteiger charge is -2.33. The predicted octanol–water partition coefficient (Wildman–Crippen LogP) is 4.11. The minimum atomic E-state index is -0.995. The van der Waals surface area contributed by atoms with Crippen molar-refractivity contribution in [1.82, 2.24) is 10.3 Å². The van der Waals surface area contributed by atoms with Gasteiger partial charge in [-0.2, -0.15) is 0 Å². The van der Waals surface area contributed by atoms with Gasteiger partial charge in [0.05, 0.1) is 0 Å². The Balaban J connectivity index is 1.94. The minimum Gasteiger partial charge on any atom is -0.508 e. The number of hydrogen-bond acceptors (Lipinski definition) is 5. The summed E-state index contributed by atoms with van der Waals surface area (Å²) < 4.78 is 0. The number of hydrogen-bond donors (Lipinski definition) is 3. The van der Waals surface area contributed by atoms with Crippen LogP contribution in [0.5, 0.6) is 5.75 Å². The fourth-order valence-electron chi connectivity index (χ4n) is 3.67. The number of aromatic nitrogens is 1. The van der Waals surface area contributed by atoms with Crippen molar-refractivity contribution in [3.05, 3.63) is 84.1 Å². The maximum Gasteiger partial charge on any atom is 0.248 e. The highest BCUT2D eigenvalue weighted by atomic mass is 16.3.